The summed E-state index contributed by atoms with van der Waals surface area (Å²) in [5.41, 5.74) is 0.342. The maximum atomic E-state index is 12.4. The number of hydrogen-bond acceptors (Lipinski definition) is 6. The van der Waals surface area contributed by atoms with Crippen LogP contribution in [0.5, 0.6) is 0 Å². The number of amides is 1. The van der Waals surface area contributed by atoms with Crippen molar-refractivity contribution in [2.75, 3.05) is 19.7 Å². The number of aryl methyl sites for hydroxylation is 2. The maximum absolute atomic E-state index is 12.4. The zero-order valence-electron chi connectivity index (χ0n) is 13.0. The number of aromatic nitrogens is 1. The average Bonchev–Trinajstić information content (AvgIpc) is 2.79. The summed E-state index contributed by atoms with van der Waals surface area (Å²) in [7, 11) is -3.67. The number of ether oxygens (including phenoxy) is 1. The first-order chi connectivity index (χ1) is 10.3. The highest BCUT2D eigenvalue weighted by Gasteiger charge is 2.30. The molecule has 0 aliphatic carbocycles. The number of hydrogen-bond donors (Lipinski definition) is 1. The van der Waals surface area contributed by atoms with E-state index in [0.717, 1.165) is 0 Å². The minimum atomic E-state index is -3.67. The van der Waals surface area contributed by atoms with Crippen LogP contribution in [0.2, 0.25) is 0 Å². The second kappa shape index (κ2) is 6.66. The van der Waals surface area contributed by atoms with Crippen molar-refractivity contribution in [2.45, 2.75) is 44.6 Å². The Morgan fingerprint density at radius 1 is 1.41 bits per heavy atom. The first-order valence-corrected chi connectivity index (χ1v) is 8.70. The second-order valence-corrected chi connectivity index (χ2v) is 6.89. The number of likely N-dealkylation sites (tertiary alicyclic amines) is 1. The predicted molar refractivity (Wildman–Crippen MR) is 77.9 cm³/mol. The molecule has 0 atom stereocenters. The molecule has 0 radical (unpaired) electrons. The molecule has 0 aromatic carbocycles. The third kappa shape index (κ3) is 3.58. The van der Waals surface area contributed by atoms with Crippen LogP contribution < -0.4 is 4.72 Å². The highest BCUT2D eigenvalue weighted by molar-refractivity contribution is 7.89. The molecule has 0 bridgehead atoms. The molecule has 9 heteroatoms. The number of rotatable bonds is 4. The number of nitrogens with one attached hydrogen (secondary N) is 1. The van der Waals surface area contributed by atoms with Crippen LogP contribution in [0.1, 0.15) is 31.2 Å². The van der Waals surface area contributed by atoms with Crippen LogP contribution in [0.25, 0.3) is 0 Å². The molecule has 0 spiro atoms. The first-order valence-electron chi connectivity index (χ1n) is 7.22. The molecule has 1 aromatic heterocycles. The fourth-order valence-corrected chi connectivity index (χ4v) is 4.17. The number of carbonyl (C=O) groups is 1. The van der Waals surface area contributed by atoms with Crippen molar-refractivity contribution < 1.29 is 22.5 Å². The Bertz CT molecular complexity index is 613. The molecule has 1 saturated heterocycles. The Labute approximate surface area is 129 Å². The highest BCUT2D eigenvalue weighted by atomic mass is 32.2. The van der Waals surface area contributed by atoms with E-state index < -0.39 is 10.0 Å². The van der Waals surface area contributed by atoms with Gasteiger partial charge in [0, 0.05) is 19.1 Å². The molecule has 124 valence electrons. The topological polar surface area (TPSA) is 102 Å². The van der Waals surface area contributed by atoms with E-state index in [1.807, 2.05) is 0 Å². The van der Waals surface area contributed by atoms with Gasteiger partial charge in [0.05, 0.1) is 6.61 Å². The number of piperidine rings is 1. The van der Waals surface area contributed by atoms with Crippen molar-refractivity contribution in [2.24, 2.45) is 0 Å². The van der Waals surface area contributed by atoms with Gasteiger partial charge in [0.25, 0.3) is 0 Å². The van der Waals surface area contributed by atoms with E-state index in [0.29, 0.717) is 38.2 Å². The fraction of sp³-hybridized carbons (Fsp3) is 0.692. The van der Waals surface area contributed by atoms with Gasteiger partial charge >= 0.3 is 6.09 Å². The maximum Gasteiger partial charge on any atom is 0.409 e. The summed E-state index contributed by atoms with van der Waals surface area (Å²) in [4.78, 5) is 13.3. The van der Waals surface area contributed by atoms with Gasteiger partial charge in [0.15, 0.2) is 5.76 Å². The van der Waals surface area contributed by atoms with Gasteiger partial charge in [-0.1, -0.05) is 5.16 Å². The molecule has 1 aromatic rings. The van der Waals surface area contributed by atoms with Crippen LogP contribution in [-0.2, 0) is 14.8 Å². The predicted octanol–water partition coefficient (Wildman–Crippen LogP) is 1.19. The van der Waals surface area contributed by atoms with Crippen molar-refractivity contribution in [1.82, 2.24) is 14.8 Å². The van der Waals surface area contributed by atoms with Crippen LogP contribution in [0.15, 0.2) is 9.42 Å². The minimum absolute atomic E-state index is 0.0975. The molecule has 0 saturated carbocycles. The Kier molecular flexibility index (Phi) is 5.07. The van der Waals surface area contributed by atoms with Crippen LogP contribution in [0.4, 0.5) is 4.79 Å². The first kappa shape index (κ1) is 16.8. The van der Waals surface area contributed by atoms with E-state index in [1.165, 1.54) is 0 Å². The van der Waals surface area contributed by atoms with Crippen LogP contribution in [0, 0.1) is 13.8 Å². The standard InChI is InChI=1S/C13H21N3O5S/c1-4-20-13(17)16-7-5-11(6-8-16)15-22(18,19)12-9(2)14-21-10(12)3/h11,15H,4-8H2,1-3H3. The third-order valence-corrected chi connectivity index (χ3v) is 5.34. The Hall–Kier alpha value is -1.61. The van der Waals surface area contributed by atoms with Crippen LogP contribution >= 0.6 is 0 Å². The van der Waals surface area contributed by atoms with Crippen molar-refractivity contribution in [3.05, 3.63) is 11.5 Å². The molecule has 1 fully saturated rings. The van der Waals surface area contributed by atoms with Gasteiger partial charge in [-0.2, -0.15) is 0 Å². The zero-order chi connectivity index (χ0) is 16.3. The lowest BCUT2D eigenvalue weighted by molar-refractivity contribution is 0.0966. The molecule has 1 aliphatic heterocycles. The van der Waals surface area contributed by atoms with Gasteiger partial charge in [0.1, 0.15) is 10.6 Å². The Morgan fingerprint density at radius 3 is 2.55 bits per heavy atom. The molecule has 1 N–H and O–H groups in total. The Balaban J connectivity index is 1.97. The van der Waals surface area contributed by atoms with Gasteiger partial charge in [-0.25, -0.2) is 17.9 Å². The number of sulfonamides is 1. The molecular weight excluding hydrogens is 310 g/mol. The minimum Gasteiger partial charge on any atom is -0.450 e. The molecule has 2 rings (SSSR count). The zero-order valence-corrected chi connectivity index (χ0v) is 13.8. The fourth-order valence-electron chi connectivity index (χ4n) is 2.53. The van der Waals surface area contributed by atoms with Gasteiger partial charge < -0.3 is 14.2 Å². The quantitative estimate of drug-likeness (QED) is 0.889. The lowest BCUT2D eigenvalue weighted by Crippen LogP contribution is -2.46. The summed E-state index contributed by atoms with van der Waals surface area (Å²) in [6, 6.07) is -0.218. The average molecular weight is 331 g/mol. The number of carbonyl (C=O) groups excluding carboxylic acids is 1. The lowest BCUT2D eigenvalue weighted by Gasteiger charge is -2.31. The van der Waals surface area contributed by atoms with Crippen molar-refractivity contribution >= 4 is 16.1 Å². The van der Waals surface area contributed by atoms with Crippen molar-refractivity contribution in [1.29, 1.82) is 0 Å². The summed E-state index contributed by atoms with van der Waals surface area (Å²) in [6.07, 6.45) is 0.734. The lowest BCUT2D eigenvalue weighted by atomic mass is 10.1. The van der Waals surface area contributed by atoms with E-state index >= 15 is 0 Å². The number of nitrogens with zero attached hydrogens (tertiary/aromatic N) is 2. The van der Waals surface area contributed by atoms with E-state index in [2.05, 4.69) is 9.88 Å². The summed E-state index contributed by atoms with van der Waals surface area (Å²) in [6.45, 7) is 6.17. The van der Waals surface area contributed by atoms with Crippen molar-refractivity contribution in [3.8, 4) is 0 Å². The third-order valence-electron chi connectivity index (χ3n) is 3.58. The molecule has 2 heterocycles. The Morgan fingerprint density at radius 2 is 2.05 bits per heavy atom. The monoisotopic (exact) mass is 331 g/mol. The SMILES string of the molecule is CCOC(=O)N1CCC(NS(=O)(=O)c2c(C)noc2C)CC1. The second-order valence-electron chi connectivity index (χ2n) is 5.23. The molecule has 8 nitrogen and oxygen atoms in total. The summed E-state index contributed by atoms with van der Waals surface area (Å²) in [5.74, 6) is 0.272. The molecule has 1 aliphatic rings. The molecule has 0 unspecified atom stereocenters. The molecule has 22 heavy (non-hydrogen) atoms. The van der Waals surface area contributed by atoms with E-state index in [4.69, 9.17) is 9.26 Å². The van der Waals surface area contributed by atoms with Crippen LogP contribution in [0.3, 0.4) is 0 Å². The largest absolute Gasteiger partial charge is 0.450 e. The van der Waals surface area contributed by atoms with E-state index in [9.17, 15) is 13.2 Å². The van der Waals surface area contributed by atoms with Crippen LogP contribution in [-0.4, -0.2) is 50.3 Å². The van der Waals surface area contributed by atoms with E-state index in [-0.39, 0.29) is 22.8 Å². The summed E-state index contributed by atoms with van der Waals surface area (Å²) in [5, 5.41) is 3.67. The molecule has 1 amide bonds. The van der Waals surface area contributed by atoms with Gasteiger partial charge in [0.2, 0.25) is 10.0 Å². The summed E-state index contributed by atoms with van der Waals surface area (Å²) >= 11 is 0. The normalized spacial score (nSPS) is 16.8. The molecular formula is C13H21N3O5S. The van der Waals surface area contributed by atoms with E-state index in [1.54, 1.807) is 25.7 Å². The summed E-state index contributed by atoms with van der Waals surface area (Å²) < 4.78 is 37.3. The van der Waals surface area contributed by atoms with Gasteiger partial charge in [-0.05, 0) is 33.6 Å². The smallest absolute Gasteiger partial charge is 0.409 e. The van der Waals surface area contributed by atoms with Crippen molar-refractivity contribution in [3.63, 3.8) is 0 Å². The van der Waals surface area contributed by atoms with Gasteiger partial charge in [-0.3, -0.25) is 0 Å². The van der Waals surface area contributed by atoms with Gasteiger partial charge in [-0.15, -0.1) is 0 Å². The highest BCUT2D eigenvalue weighted by Crippen LogP contribution is 2.21.